The normalized spacial score (nSPS) is 14.1. The molecule has 0 amide bonds. The Labute approximate surface area is 108 Å². The lowest BCUT2D eigenvalue weighted by Gasteiger charge is -2.23. The maximum Gasteiger partial charge on any atom is 0.305 e. The molecule has 0 fully saturated rings. The Morgan fingerprint density at radius 1 is 1.33 bits per heavy atom. The molecule has 0 saturated carbocycles. The second-order valence-corrected chi connectivity index (χ2v) is 4.37. The molecule has 4 nitrogen and oxygen atoms in total. The van der Waals surface area contributed by atoms with E-state index in [-0.39, 0.29) is 6.42 Å². The number of unbranched alkanes of at least 4 members (excludes halogenated alkanes) is 1. The van der Waals surface area contributed by atoms with Crippen molar-refractivity contribution in [3.8, 4) is 0 Å². The van der Waals surface area contributed by atoms with Crippen molar-refractivity contribution in [2.45, 2.75) is 38.3 Å². The molecule has 100 valence electrons. The molecular weight excluding hydrogens is 230 g/mol. The zero-order chi connectivity index (χ0) is 13.4. The predicted octanol–water partition coefficient (Wildman–Crippen LogP) is 1.95. The van der Waals surface area contributed by atoms with Crippen LogP contribution in [0.1, 0.15) is 37.9 Å². The molecule has 0 aromatic heterocycles. The van der Waals surface area contributed by atoms with E-state index < -0.39 is 18.1 Å². The first kappa shape index (κ1) is 14.7. The van der Waals surface area contributed by atoms with Crippen LogP contribution in [0.5, 0.6) is 0 Å². The van der Waals surface area contributed by atoms with Crippen molar-refractivity contribution >= 4 is 5.97 Å². The molecule has 3 N–H and O–H groups in total. The van der Waals surface area contributed by atoms with Crippen LogP contribution >= 0.6 is 0 Å². The summed E-state index contributed by atoms with van der Waals surface area (Å²) < 4.78 is 0. The highest BCUT2D eigenvalue weighted by atomic mass is 16.4. The molecule has 0 aliphatic heterocycles. The Morgan fingerprint density at radius 2 is 2.00 bits per heavy atom. The van der Waals surface area contributed by atoms with Gasteiger partial charge in [-0.05, 0) is 18.5 Å². The summed E-state index contributed by atoms with van der Waals surface area (Å²) in [7, 11) is 0. The van der Waals surface area contributed by atoms with Crippen LogP contribution in [0.15, 0.2) is 30.3 Å². The van der Waals surface area contributed by atoms with Crippen LogP contribution in [0.25, 0.3) is 0 Å². The van der Waals surface area contributed by atoms with Crippen molar-refractivity contribution in [3.63, 3.8) is 0 Å². The van der Waals surface area contributed by atoms with E-state index in [2.05, 4.69) is 12.2 Å². The smallest absolute Gasteiger partial charge is 0.305 e. The molecule has 1 rings (SSSR count). The summed E-state index contributed by atoms with van der Waals surface area (Å²) in [4.78, 5) is 10.8. The van der Waals surface area contributed by atoms with E-state index in [1.807, 2.05) is 18.2 Å². The van der Waals surface area contributed by atoms with Crippen LogP contribution in [0, 0.1) is 0 Å². The number of nitrogens with one attached hydrogen (secondary N) is 1. The van der Waals surface area contributed by atoms with Gasteiger partial charge in [-0.2, -0.15) is 0 Å². The highest BCUT2D eigenvalue weighted by molar-refractivity contribution is 5.67. The molecule has 1 aromatic rings. The first-order chi connectivity index (χ1) is 8.65. The topological polar surface area (TPSA) is 69.6 Å². The van der Waals surface area contributed by atoms with Gasteiger partial charge in [0.05, 0.1) is 12.5 Å². The standard InChI is InChI=1S/C14H21NO3/c1-2-3-9-15-12(10-13(16)17)14(18)11-7-5-4-6-8-11/h4-8,12,14-15,18H,2-3,9-10H2,1H3,(H,16,17). The Kier molecular flexibility index (Phi) is 6.39. The lowest BCUT2D eigenvalue weighted by atomic mass is 9.99. The molecule has 2 unspecified atom stereocenters. The SMILES string of the molecule is CCCCNC(CC(=O)O)C(O)c1ccccc1. The van der Waals surface area contributed by atoms with E-state index in [9.17, 15) is 9.90 Å². The zero-order valence-corrected chi connectivity index (χ0v) is 10.7. The van der Waals surface area contributed by atoms with Gasteiger partial charge in [0.1, 0.15) is 0 Å². The minimum atomic E-state index is -0.904. The number of carbonyl (C=O) groups is 1. The molecule has 2 atom stereocenters. The highest BCUT2D eigenvalue weighted by Crippen LogP contribution is 2.18. The zero-order valence-electron chi connectivity index (χ0n) is 10.7. The van der Waals surface area contributed by atoms with Crippen LogP contribution < -0.4 is 5.32 Å². The Hall–Kier alpha value is -1.39. The third kappa shape index (κ3) is 4.85. The van der Waals surface area contributed by atoms with Crippen molar-refractivity contribution in [2.24, 2.45) is 0 Å². The largest absolute Gasteiger partial charge is 0.481 e. The summed E-state index contributed by atoms with van der Waals surface area (Å²) in [5.41, 5.74) is 0.743. The number of carboxylic acids is 1. The number of carboxylic acid groups (broad SMARTS) is 1. The first-order valence-electron chi connectivity index (χ1n) is 6.33. The molecule has 1 aromatic carbocycles. The monoisotopic (exact) mass is 251 g/mol. The van der Waals surface area contributed by atoms with Crippen LogP contribution in [-0.4, -0.2) is 28.8 Å². The molecule has 18 heavy (non-hydrogen) atoms. The first-order valence-corrected chi connectivity index (χ1v) is 6.33. The average molecular weight is 251 g/mol. The minimum absolute atomic E-state index is 0.0836. The molecule has 0 radical (unpaired) electrons. The van der Waals surface area contributed by atoms with Crippen molar-refractivity contribution < 1.29 is 15.0 Å². The predicted molar refractivity (Wildman–Crippen MR) is 70.4 cm³/mol. The molecule has 0 bridgehead atoms. The van der Waals surface area contributed by atoms with Crippen LogP contribution in [0.4, 0.5) is 0 Å². The van der Waals surface area contributed by atoms with Crippen molar-refractivity contribution in [1.29, 1.82) is 0 Å². The minimum Gasteiger partial charge on any atom is -0.481 e. The van der Waals surface area contributed by atoms with Crippen LogP contribution in [0.3, 0.4) is 0 Å². The van der Waals surface area contributed by atoms with E-state index in [4.69, 9.17) is 5.11 Å². The van der Waals surface area contributed by atoms with Gasteiger partial charge in [0.2, 0.25) is 0 Å². The van der Waals surface area contributed by atoms with Gasteiger partial charge in [-0.3, -0.25) is 4.79 Å². The van der Waals surface area contributed by atoms with E-state index in [0.717, 1.165) is 24.9 Å². The van der Waals surface area contributed by atoms with Crippen LogP contribution in [-0.2, 0) is 4.79 Å². The number of aliphatic hydroxyl groups is 1. The second kappa shape index (κ2) is 7.84. The molecule has 0 heterocycles. The fourth-order valence-corrected chi connectivity index (χ4v) is 1.83. The second-order valence-electron chi connectivity index (χ2n) is 4.37. The average Bonchev–Trinajstić information content (AvgIpc) is 2.37. The number of hydrogen-bond acceptors (Lipinski definition) is 3. The van der Waals surface area contributed by atoms with Crippen LogP contribution in [0.2, 0.25) is 0 Å². The Morgan fingerprint density at radius 3 is 2.56 bits per heavy atom. The third-order valence-corrected chi connectivity index (χ3v) is 2.85. The molecule has 0 aliphatic rings. The van der Waals surface area contributed by atoms with Crippen molar-refractivity contribution in [3.05, 3.63) is 35.9 Å². The summed E-state index contributed by atoms with van der Waals surface area (Å²) in [6, 6.07) is 8.70. The maximum atomic E-state index is 10.8. The Balaban J connectivity index is 2.66. The van der Waals surface area contributed by atoms with E-state index in [0.29, 0.717) is 0 Å². The summed E-state index contributed by atoms with van der Waals surface area (Å²) in [5, 5.41) is 22.2. The fourth-order valence-electron chi connectivity index (χ4n) is 1.83. The number of aliphatic carboxylic acids is 1. The van der Waals surface area contributed by atoms with Gasteiger partial charge in [-0.25, -0.2) is 0 Å². The van der Waals surface area contributed by atoms with Gasteiger partial charge in [-0.1, -0.05) is 43.7 Å². The summed E-state index contributed by atoms with van der Waals surface area (Å²) >= 11 is 0. The number of hydrogen-bond donors (Lipinski definition) is 3. The highest BCUT2D eigenvalue weighted by Gasteiger charge is 2.22. The van der Waals surface area contributed by atoms with Gasteiger partial charge in [-0.15, -0.1) is 0 Å². The molecule has 0 aliphatic carbocycles. The fraction of sp³-hybridized carbons (Fsp3) is 0.500. The number of benzene rings is 1. The third-order valence-electron chi connectivity index (χ3n) is 2.85. The summed E-state index contributed by atoms with van der Waals surface area (Å²) in [5.74, 6) is -0.904. The van der Waals surface area contributed by atoms with E-state index >= 15 is 0 Å². The van der Waals surface area contributed by atoms with Crippen molar-refractivity contribution in [2.75, 3.05) is 6.54 Å². The molecule has 0 spiro atoms. The van der Waals surface area contributed by atoms with Gasteiger partial charge in [0.15, 0.2) is 0 Å². The maximum absolute atomic E-state index is 10.8. The Bertz CT molecular complexity index is 353. The lowest BCUT2D eigenvalue weighted by molar-refractivity contribution is -0.138. The summed E-state index contributed by atoms with van der Waals surface area (Å²) in [6.07, 6.45) is 1.13. The molecule has 4 heteroatoms. The number of aliphatic hydroxyl groups excluding tert-OH is 1. The molecule has 0 saturated heterocycles. The van der Waals surface area contributed by atoms with Gasteiger partial charge < -0.3 is 15.5 Å². The lowest BCUT2D eigenvalue weighted by Crippen LogP contribution is -2.37. The van der Waals surface area contributed by atoms with Gasteiger partial charge >= 0.3 is 5.97 Å². The number of rotatable bonds is 8. The van der Waals surface area contributed by atoms with E-state index in [1.165, 1.54) is 0 Å². The van der Waals surface area contributed by atoms with Crippen molar-refractivity contribution in [1.82, 2.24) is 5.32 Å². The van der Waals surface area contributed by atoms with E-state index in [1.54, 1.807) is 12.1 Å². The quantitative estimate of drug-likeness (QED) is 0.618. The summed E-state index contributed by atoms with van der Waals surface area (Å²) in [6.45, 7) is 2.79. The molecular formula is C14H21NO3. The van der Waals surface area contributed by atoms with Gasteiger partial charge in [0.25, 0.3) is 0 Å². The van der Waals surface area contributed by atoms with Gasteiger partial charge in [0, 0.05) is 6.04 Å².